The summed E-state index contributed by atoms with van der Waals surface area (Å²) in [6.45, 7) is 2.85. The van der Waals surface area contributed by atoms with Crippen molar-refractivity contribution >= 4 is 0 Å². The number of H-pyrrole nitrogens is 1. The Morgan fingerprint density at radius 3 is 2.27 bits per heavy atom. The second kappa shape index (κ2) is 5.34. The third-order valence-corrected chi connectivity index (χ3v) is 4.36. The smallest absolute Gasteiger partial charge is 0.270 e. The molecule has 0 radical (unpaired) electrons. The summed E-state index contributed by atoms with van der Waals surface area (Å²) in [5, 5.41) is 0. The summed E-state index contributed by atoms with van der Waals surface area (Å²) >= 11 is 0. The highest BCUT2D eigenvalue weighted by atomic mass is 19.3. The van der Waals surface area contributed by atoms with Crippen molar-refractivity contribution in [2.24, 2.45) is 0 Å². The molecule has 1 aliphatic carbocycles. The molecular weight excluding hydrogens is 284 g/mol. The molecule has 1 fully saturated rings. The van der Waals surface area contributed by atoms with Crippen LogP contribution in [0.5, 0.6) is 0 Å². The Balaban J connectivity index is 1.85. The lowest BCUT2D eigenvalue weighted by Crippen LogP contribution is -2.15. The largest absolute Gasteiger partial charge is 0.325 e. The second-order valence-corrected chi connectivity index (χ2v) is 6.20. The normalized spacial score (nSPS) is 16.5. The van der Waals surface area contributed by atoms with E-state index in [1.165, 1.54) is 12.1 Å². The summed E-state index contributed by atoms with van der Waals surface area (Å²) in [6.07, 6.45) is 2.18. The predicted octanol–water partition coefficient (Wildman–Crippen LogP) is 4.52. The summed E-state index contributed by atoms with van der Waals surface area (Å²) in [7, 11) is 0. The number of halogens is 2. The Bertz CT molecular complexity index is 724. The molecule has 0 unspecified atom stereocenters. The van der Waals surface area contributed by atoms with Gasteiger partial charge in [-0.05, 0) is 30.4 Å². The number of pyridine rings is 1. The molecule has 0 bridgehead atoms. The van der Waals surface area contributed by atoms with Crippen LogP contribution in [0.25, 0.3) is 0 Å². The quantitative estimate of drug-likeness (QED) is 0.885. The molecule has 2 aromatic rings. The molecule has 0 aliphatic heterocycles. The first kappa shape index (κ1) is 14.9. The number of alkyl halides is 2. The van der Waals surface area contributed by atoms with Crippen LogP contribution in [-0.2, 0) is 5.92 Å². The van der Waals surface area contributed by atoms with Gasteiger partial charge >= 0.3 is 0 Å². The van der Waals surface area contributed by atoms with Gasteiger partial charge in [-0.25, -0.2) is 8.78 Å². The lowest BCUT2D eigenvalue weighted by molar-refractivity contribution is 0.0174. The van der Waals surface area contributed by atoms with Gasteiger partial charge in [-0.3, -0.25) is 4.79 Å². The van der Waals surface area contributed by atoms with Crippen molar-refractivity contribution in [2.45, 2.75) is 44.4 Å². The molecule has 1 aromatic heterocycles. The van der Waals surface area contributed by atoms with Gasteiger partial charge in [-0.15, -0.1) is 0 Å². The Hall–Kier alpha value is -1.97. The van der Waals surface area contributed by atoms with Gasteiger partial charge in [0.05, 0.1) is 0 Å². The summed E-state index contributed by atoms with van der Waals surface area (Å²) in [4.78, 5) is 15.0. The third kappa shape index (κ3) is 2.96. The van der Waals surface area contributed by atoms with Crippen molar-refractivity contribution in [3.63, 3.8) is 0 Å². The lowest BCUT2D eigenvalue weighted by Gasteiger charge is -2.15. The Labute approximate surface area is 128 Å². The van der Waals surface area contributed by atoms with Crippen LogP contribution in [0, 0.1) is 0 Å². The third-order valence-electron chi connectivity index (χ3n) is 4.36. The fraction of sp³-hybridized carbons (Fsp3) is 0.389. The van der Waals surface area contributed by atoms with Crippen LogP contribution in [0.3, 0.4) is 0 Å². The van der Waals surface area contributed by atoms with E-state index in [0.717, 1.165) is 36.6 Å². The lowest BCUT2D eigenvalue weighted by atomic mass is 9.95. The van der Waals surface area contributed by atoms with Crippen molar-refractivity contribution in [1.29, 1.82) is 0 Å². The molecule has 116 valence electrons. The highest BCUT2D eigenvalue weighted by Gasteiger charge is 2.27. The maximum absolute atomic E-state index is 13.2. The number of aromatic amines is 1. The molecule has 0 saturated heterocycles. The molecule has 3 rings (SSSR count). The first-order valence-electron chi connectivity index (χ1n) is 7.57. The van der Waals surface area contributed by atoms with E-state index in [1.54, 1.807) is 12.1 Å². The second-order valence-electron chi connectivity index (χ2n) is 6.20. The minimum absolute atomic E-state index is 0.000949. The van der Waals surface area contributed by atoms with E-state index >= 15 is 0 Å². The van der Waals surface area contributed by atoms with Gasteiger partial charge in [0, 0.05) is 29.7 Å². The van der Waals surface area contributed by atoms with Crippen LogP contribution < -0.4 is 5.56 Å². The van der Waals surface area contributed by atoms with Gasteiger partial charge in [-0.1, -0.05) is 37.3 Å². The molecule has 1 N–H and O–H groups in total. The van der Waals surface area contributed by atoms with E-state index in [-0.39, 0.29) is 17.0 Å². The summed E-state index contributed by atoms with van der Waals surface area (Å²) in [5.74, 6) is -2.46. The Kier molecular flexibility index (Phi) is 3.63. The molecule has 1 aliphatic rings. The molecule has 1 aromatic carbocycles. The van der Waals surface area contributed by atoms with E-state index in [1.807, 2.05) is 19.1 Å². The summed E-state index contributed by atoms with van der Waals surface area (Å²) in [5.41, 5.74) is 2.55. The van der Waals surface area contributed by atoms with Crippen molar-refractivity contribution in [3.05, 3.63) is 69.1 Å². The van der Waals surface area contributed by atoms with Crippen LogP contribution >= 0.6 is 0 Å². The monoisotopic (exact) mass is 303 g/mol. The number of nitrogens with one attached hydrogen (secondary N) is 1. The summed E-state index contributed by atoms with van der Waals surface area (Å²) in [6, 6.07) is 10.1. The SMILES string of the molecule is C[C@H](c1ccc(C(C)(F)F)cc1)c1ccc(C2CC2)c(=O)[nH]1. The number of rotatable bonds is 4. The van der Waals surface area contributed by atoms with Gasteiger partial charge in [-0.2, -0.15) is 0 Å². The van der Waals surface area contributed by atoms with E-state index in [2.05, 4.69) is 4.98 Å². The topological polar surface area (TPSA) is 32.9 Å². The number of hydrogen-bond acceptors (Lipinski definition) is 1. The standard InChI is InChI=1S/C18H19F2NO/c1-11(12-5-7-14(8-6-12)18(2,19)20)16-10-9-15(13-3-4-13)17(22)21-16/h5-11,13H,3-4H2,1-2H3,(H,21,22)/t11-/m1/s1. The van der Waals surface area contributed by atoms with Gasteiger partial charge in [0.1, 0.15) is 0 Å². The molecule has 0 amide bonds. The molecule has 4 heteroatoms. The zero-order chi connectivity index (χ0) is 15.9. The van der Waals surface area contributed by atoms with E-state index in [0.29, 0.717) is 5.92 Å². The average molecular weight is 303 g/mol. The van der Waals surface area contributed by atoms with Crippen LogP contribution in [0.4, 0.5) is 8.78 Å². The van der Waals surface area contributed by atoms with Crippen LogP contribution in [0.15, 0.2) is 41.2 Å². The predicted molar refractivity (Wildman–Crippen MR) is 82.6 cm³/mol. The maximum atomic E-state index is 13.2. The van der Waals surface area contributed by atoms with Gasteiger partial charge in [0.2, 0.25) is 0 Å². The van der Waals surface area contributed by atoms with Crippen LogP contribution in [0.1, 0.15) is 60.9 Å². The van der Waals surface area contributed by atoms with Gasteiger partial charge in [0.25, 0.3) is 11.5 Å². The molecule has 1 saturated carbocycles. The first-order chi connectivity index (χ1) is 10.4. The highest BCUT2D eigenvalue weighted by Crippen LogP contribution is 2.38. The van der Waals surface area contributed by atoms with Crippen molar-refractivity contribution in [2.75, 3.05) is 0 Å². The fourth-order valence-electron chi connectivity index (χ4n) is 2.71. The molecule has 0 spiro atoms. The molecular formula is C18H19F2NO. The minimum atomic E-state index is -2.83. The molecule has 2 nitrogen and oxygen atoms in total. The minimum Gasteiger partial charge on any atom is -0.325 e. The van der Waals surface area contributed by atoms with Gasteiger partial charge in [0.15, 0.2) is 0 Å². The van der Waals surface area contributed by atoms with E-state index < -0.39 is 5.92 Å². The van der Waals surface area contributed by atoms with Crippen LogP contribution in [0.2, 0.25) is 0 Å². The van der Waals surface area contributed by atoms with E-state index in [9.17, 15) is 13.6 Å². The molecule has 22 heavy (non-hydrogen) atoms. The molecule has 1 heterocycles. The average Bonchev–Trinajstić information content (AvgIpc) is 3.30. The fourth-order valence-corrected chi connectivity index (χ4v) is 2.71. The van der Waals surface area contributed by atoms with Crippen LogP contribution in [-0.4, -0.2) is 4.98 Å². The summed E-state index contributed by atoms with van der Waals surface area (Å²) < 4.78 is 26.5. The number of benzene rings is 1. The maximum Gasteiger partial charge on any atom is 0.270 e. The first-order valence-corrected chi connectivity index (χ1v) is 7.57. The zero-order valence-corrected chi connectivity index (χ0v) is 12.7. The Morgan fingerprint density at radius 2 is 1.77 bits per heavy atom. The van der Waals surface area contributed by atoms with Crippen molar-refractivity contribution < 1.29 is 8.78 Å². The van der Waals surface area contributed by atoms with E-state index in [4.69, 9.17) is 0 Å². The molecule has 1 atom stereocenters. The number of aromatic nitrogens is 1. The zero-order valence-electron chi connectivity index (χ0n) is 12.7. The van der Waals surface area contributed by atoms with Crippen molar-refractivity contribution in [1.82, 2.24) is 4.98 Å². The Morgan fingerprint density at radius 1 is 1.14 bits per heavy atom. The van der Waals surface area contributed by atoms with Gasteiger partial charge < -0.3 is 4.98 Å². The van der Waals surface area contributed by atoms with Crippen molar-refractivity contribution in [3.8, 4) is 0 Å². The number of hydrogen-bond donors (Lipinski definition) is 1. The highest BCUT2D eigenvalue weighted by molar-refractivity contribution is 5.33.